The second kappa shape index (κ2) is 5.61. The van der Waals surface area contributed by atoms with Crippen LogP contribution in [-0.2, 0) is 14.2 Å². The maximum absolute atomic E-state index is 12.2. The SMILES string of the molecule is CC1(C)OC2C(OC(=O)c3ccccc3)CSC(O)C2O1. The summed E-state index contributed by atoms with van der Waals surface area (Å²) in [4.78, 5) is 12.2. The zero-order chi connectivity index (χ0) is 15.0. The average molecular weight is 310 g/mol. The zero-order valence-electron chi connectivity index (χ0n) is 11.9. The average Bonchev–Trinajstić information content (AvgIpc) is 2.79. The molecule has 1 aromatic carbocycles. The van der Waals surface area contributed by atoms with Crippen molar-refractivity contribution >= 4 is 17.7 Å². The lowest BCUT2D eigenvalue weighted by molar-refractivity contribution is -0.156. The fourth-order valence-corrected chi connectivity index (χ4v) is 3.63. The Labute approximate surface area is 127 Å². The number of carbonyl (C=O) groups is 1. The van der Waals surface area contributed by atoms with Gasteiger partial charge in [0, 0.05) is 5.75 Å². The van der Waals surface area contributed by atoms with E-state index >= 15 is 0 Å². The Bertz CT molecular complexity index is 518. The molecule has 5 nitrogen and oxygen atoms in total. The van der Waals surface area contributed by atoms with Crippen molar-refractivity contribution in [1.82, 2.24) is 0 Å². The molecule has 0 bridgehead atoms. The van der Waals surface area contributed by atoms with Crippen LogP contribution in [0.2, 0.25) is 0 Å². The molecule has 4 atom stereocenters. The smallest absolute Gasteiger partial charge is 0.338 e. The van der Waals surface area contributed by atoms with Crippen molar-refractivity contribution in [3.8, 4) is 0 Å². The first-order valence-electron chi connectivity index (χ1n) is 6.88. The fourth-order valence-electron chi connectivity index (χ4n) is 2.59. The molecular weight excluding hydrogens is 292 g/mol. The Morgan fingerprint density at radius 3 is 2.67 bits per heavy atom. The monoisotopic (exact) mass is 310 g/mol. The molecule has 4 unspecified atom stereocenters. The highest BCUT2D eigenvalue weighted by atomic mass is 32.2. The standard InChI is InChI=1S/C15H18O5S/c1-15(2)19-11-10(8-21-14(17)12(11)20-15)18-13(16)9-6-4-3-5-7-9/h3-7,10-12,14,17H,8H2,1-2H3. The summed E-state index contributed by atoms with van der Waals surface area (Å²) in [5, 5.41) is 10.00. The van der Waals surface area contributed by atoms with Crippen molar-refractivity contribution in [2.45, 2.75) is 43.4 Å². The minimum atomic E-state index is -0.779. The fraction of sp³-hybridized carbons (Fsp3) is 0.533. The van der Waals surface area contributed by atoms with E-state index in [1.165, 1.54) is 11.8 Å². The number of ether oxygens (including phenoxy) is 3. The predicted molar refractivity (Wildman–Crippen MR) is 77.9 cm³/mol. The molecule has 0 amide bonds. The van der Waals surface area contributed by atoms with Crippen LogP contribution in [0.4, 0.5) is 0 Å². The summed E-state index contributed by atoms with van der Waals surface area (Å²) in [5.41, 5.74) is -0.160. The van der Waals surface area contributed by atoms with Gasteiger partial charge in [-0.1, -0.05) is 18.2 Å². The van der Waals surface area contributed by atoms with Crippen LogP contribution < -0.4 is 0 Å². The Kier molecular flexibility index (Phi) is 3.96. The van der Waals surface area contributed by atoms with Crippen LogP contribution in [0.25, 0.3) is 0 Å². The largest absolute Gasteiger partial charge is 0.455 e. The number of benzene rings is 1. The number of thioether (sulfide) groups is 1. The van der Waals surface area contributed by atoms with E-state index in [9.17, 15) is 9.90 Å². The molecule has 2 aliphatic heterocycles. The van der Waals surface area contributed by atoms with E-state index in [1.807, 2.05) is 6.07 Å². The molecule has 0 aromatic heterocycles. The number of aliphatic hydroxyl groups excluding tert-OH is 1. The van der Waals surface area contributed by atoms with Gasteiger partial charge in [-0.25, -0.2) is 4.79 Å². The van der Waals surface area contributed by atoms with Crippen molar-refractivity contribution < 1.29 is 24.1 Å². The highest BCUT2D eigenvalue weighted by molar-refractivity contribution is 7.99. The van der Waals surface area contributed by atoms with Crippen molar-refractivity contribution in [2.24, 2.45) is 0 Å². The van der Waals surface area contributed by atoms with Gasteiger partial charge in [0.2, 0.25) is 0 Å². The van der Waals surface area contributed by atoms with E-state index in [0.717, 1.165) is 0 Å². The first kappa shape index (κ1) is 14.8. The van der Waals surface area contributed by atoms with Gasteiger partial charge in [-0.05, 0) is 26.0 Å². The van der Waals surface area contributed by atoms with Gasteiger partial charge < -0.3 is 19.3 Å². The molecule has 0 spiro atoms. The molecule has 2 aliphatic rings. The lowest BCUT2D eigenvalue weighted by atomic mass is 10.1. The number of aliphatic hydroxyl groups is 1. The van der Waals surface area contributed by atoms with Gasteiger partial charge >= 0.3 is 5.97 Å². The number of hydrogen-bond donors (Lipinski definition) is 1. The normalized spacial score (nSPS) is 34.2. The topological polar surface area (TPSA) is 65.0 Å². The molecule has 0 aliphatic carbocycles. The van der Waals surface area contributed by atoms with Crippen LogP contribution in [0.1, 0.15) is 24.2 Å². The number of rotatable bonds is 2. The summed E-state index contributed by atoms with van der Waals surface area (Å²) in [6, 6.07) is 8.84. The molecule has 21 heavy (non-hydrogen) atoms. The third-order valence-corrected chi connectivity index (χ3v) is 4.64. The number of esters is 1. The predicted octanol–water partition coefficient (Wildman–Crippen LogP) is 1.80. The Balaban J connectivity index is 1.72. The molecule has 2 heterocycles. The molecule has 3 rings (SSSR count). The van der Waals surface area contributed by atoms with Crippen molar-refractivity contribution in [3.63, 3.8) is 0 Å². The van der Waals surface area contributed by atoms with E-state index in [4.69, 9.17) is 14.2 Å². The highest BCUT2D eigenvalue weighted by Gasteiger charge is 2.52. The van der Waals surface area contributed by atoms with Gasteiger partial charge in [-0.3, -0.25) is 0 Å². The summed E-state index contributed by atoms with van der Waals surface area (Å²) < 4.78 is 17.1. The summed E-state index contributed by atoms with van der Waals surface area (Å²) in [6.45, 7) is 3.58. The van der Waals surface area contributed by atoms with Gasteiger partial charge in [0.25, 0.3) is 0 Å². The Morgan fingerprint density at radius 1 is 1.29 bits per heavy atom. The summed E-state index contributed by atoms with van der Waals surface area (Å²) in [6.07, 6.45) is -1.35. The maximum atomic E-state index is 12.2. The third-order valence-electron chi connectivity index (χ3n) is 3.51. The third kappa shape index (κ3) is 3.08. The number of carbonyl (C=O) groups excluding carboxylic acids is 1. The van der Waals surface area contributed by atoms with Gasteiger partial charge in [0.15, 0.2) is 5.79 Å². The van der Waals surface area contributed by atoms with Gasteiger partial charge in [0.1, 0.15) is 23.7 Å². The quantitative estimate of drug-likeness (QED) is 0.840. The molecule has 2 saturated heterocycles. The van der Waals surface area contributed by atoms with Crippen molar-refractivity contribution in [3.05, 3.63) is 35.9 Å². The van der Waals surface area contributed by atoms with E-state index in [2.05, 4.69) is 0 Å². The van der Waals surface area contributed by atoms with E-state index in [1.54, 1.807) is 38.1 Å². The van der Waals surface area contributed by atoms with Crippen LogP contribution in [0.15, 0.2) is 30.3 Å². The first-order chi connectivity index (χ1) is 9.96. The second-order valence-electron chi connectivity index (χ2n) is 5.60. The van der Waals surface area contributed by atoms with Gasteiger partial charge in [-0.15, -0.1) is 11.8 Å². The Morgan fingerprint density at radius 2 is 1.95 bits per heavy atom. The lowest BCUT2D eigenvalue weighted by Gasteiger charge is -2.33. The summed E-state index contributed by atoms with van der Waals surface area (Å²) in [5.74, 6) is -0.677. The van der Waals surface area contributed by atoms with E-state index < -0.39 is 29.5 Å². The highest BCUT2D eigenvalue weighted by Crippen LogP contribution is 2.40. The molecule has 2 fully saturated rings. The Hall–Kier alpha value is -1.08. The number of fused-ring (bicyclic) bond motifs is 1. The van der Waals surface area contributed by atoms with Crippen molar-refractivity contribution in [2.75, 3.05) is 5.75 Å². The molecule has 1 aromatic rings. The van der Waals surface area contributed by atoms with Crippen LogP contribution in [0.3, 0.4) is 0 Å². The maximum Gasteiger partial charge on any atom is 0.338 e. The number of hydrogen-bond acceptors (Lipinski definition) is 6. The lowest BCUT2D eigenvalue weighted by Crippen LogP contribution is -2.48. The summed E-state index contributed by atoms with van der Waals surface area (Å²) >= 11 is 1.31. The second-order valence-corrected chi connectivity index (χ2v) is 6.75. The zero-order valence-corrected chi connectivity index (χ0v) is 12.7. The first-order valence-corrected chi connectivity index (χ1v) is 7.92. The summed E-state index contributed by atoms with van der Waals surface area (Å²) in [7, 11) is 0. The molecule has 1 N–H and O–H groups in total. The van der Waals surface area contributed by atoms with Crippen molar-refractivity contribution in [1.29, 1.82) is 0 Å². The van der Waals surface area contributed by atoms with Crippen LogP contribution >= 0.6 is 11.8 Å². The molecule has 0 radical (unpaired) electrons. The van der Waals surface area contributed by atoms with E-state index in [-0.39, 0.29) is 5.97 Å². The van der Waals surface area contributed by atoms with E-state index in [0.29, 0.717) is 11.3 Å². The van der Waals surface area contributed by atoms with Crippen LogP contribution in [-0.4, -0.2) is 46.4 Å². The molecular formula is C15H18O5S. The van der Waals surface area contributed by atoms with Crippen LogP contribution in [0, 0.1) is 0 Å². The molecule has 6 heteroatoms. The minimum absolute atomic E-state index is 0.385. The van der Waals surface area contributed by atoms with Gasteiger partial charge in [0.05, 0.1) is 5.56 Å². The van der Waals surface area contributed by atoms with Crippen LogP contribution in [0.5, 0.6) is 0 Å². The minimum Gasteiger partial charge on any atom is -0.455 e. The molecule has 114 valence electrons. The molecule has 0 saturated carbocycles. The van der Waals surface area contributed by atoms with Gasteiger partial charge in [-0.2, -0.15) is 0 Å².